The fourth-order valence-corrected chi connectivity index (χ4v) is 0.415. The SMILES string of the molecule is CCO/C(C)=C/CO. The van der Waals surface area contributed by atoms with Gasteiger partial charge in [0, 0.05) is 0 Å². The Balaban J connectivity index is 3.29. The topological polar surface area (TPSA) is 29.5 Å². The summed E-state index contributed by atoms with van der Waals surface area (Å²) in [6.45, 7) is 4.46. The van der Waals surface area contributed by atoms with Crippen molar-refractivity contribution >= 4 is 0 Å². The van der Waals surface area contributed by atoms with Crippen molar-refractivity contribution in [3.63, 3.8) is 0 Å². The summed E-state index contributed by atoms with van der Waals surface area (Å²) in [4.78, 5) is 0. The fourth-order valence-electron chi connectivity index (χ4n) is 0.415. The van der Waals surface area contributed by atoms with Crippen LogP contribution in [0.4, 0.5) is 0 Å². The summed E-state index contributed by atoms with van der Waals surface area (Å²) in [7, 11) is 0. The van der Waals surface area contributed by atoms with E-state index >= 15 is 0 Å². The third-order valence-corrected chi connectivity index (χ3v) is 0.751. The van der Waals surface area contributed by atoms with Crippen LogP contribution in [0.5, 0.6) is 0 Å². The van der Waals surface area contributed by atoms with E-state index in [9.17, 15) is 0 Å². The molecule has 0 aromatic rings. The zero-order valence-electron chi connectivity index (χ0n) is 5.35. The molecule has 0 aliphatic heterocycles. The van der Waals surface area contributed by atoms with E-state index in [2.05, 4.69) is 0 Å². The van der Waals surface area contributed by atoms with Gasteiger partial charge >= 0.3 is 0 Å². The third kappa shape index (κ3) is 3.68. The highest BCUT2D eigenvalue weighted by molar-refractivity contribution is 4.87. The van der Waals surface area contributed by atoms with E-state index in [4.69, 9.17) is 9.84 Å². The highest BCUT2D eigenvalue weighted by Gasteiger charge is 1.81. The molecule has 8 heavy (non-hydrogen) atoms. The van der Waals surface area contributed by atoms with Gasteiger partial charge in [-0.15, -0.1) is 0 Å². The summed E-state index contributed by atoms with van der Waals surface area (Å²) < 4.78 is 4.98. The number of rotatable bonds is 3. The Kier molecular flexibility index (Phi) is 4.36. The predicted octanol–water partition coefficient (Wildman–Crippen LogP) is 0.919. The quantitative estimate of drug-likeness (QED) is 0.555. The summed E-state index contributed by atoms with van der Waals surface area (Å²) in [5, 5.41) is 8.31. The number of aliphatic hydroxyl groups excluding tert-OH is 1. The van der Waals surface area contributed by atoms with E-state index in [0.29, 0.717) is 6.61 Å². The van der Waals surface area contributed by atoms with Crippen LogP contribution in [0.3, 0.4) is 0 Å². The van der Waals surface area contributed by atoms with Gasteiger partial charge in [-0.05, 0) is 19.9 Å². The smallest absolute Gasteiger partial charge is 0.0911 e. The molecule has 0 fully saturated rings. The average Bonchev–Trinajstić information content (AvgIpc) is 1.68. The summed E-state index contributed by atoms with van der Waals surface area (Å²) in [5.74, 6) is 0.787. The highest BCUT2D eigenvalue weighted by Crippen LogP contribution is 1.91. The van der Waals surface area contributed by atoms with Crippen molar-refractivity contribution in [2.75, 3.05) is 13.2 Å². The molecule has 0 aromatic heterocycles. The van der Waals surface area contributed by atoms with Crippen LogP contribution in [-0.4, -0.2) is 18.3 Å². The summed E-state index contributed by atoms with van der Waals surface area (Å²) >= 11 is 0. The molecule has 2 nitrogen and oxygen atoms in total. The van der Waals surface area contributed by atoms with Crippen molar-refractivity contribution < 1.29 is 9.84 Å². The number of hydrogen-bond donors (Lipinski definition) is 1. The largest absolute Gasteiger partial charge is 0.499 e. The Morgan fingerprint density at radius 1 is 1.75 bits per heavy atom. The molecule has 0 saturated carbocycles. The van der Waals surface area contributed by atoms with Crippen LogP contribution in [0, 0.1) is 0 Å². The van der Waals surface area contributed by atoms with E-state index in [-0.39, 0.29) is 6.61 Å². The van der Waals surface area contributed by atoms with Gasteiger partial charge in [0.25, 0.3) is 0 Å². The van der Waals surface area contributed by atoms with Crippen molar-refractivity contribution in [2.45, 2.75) is 13.8 Å². The third-order valence-electron chi connectivity index (χ3n) is 0.751. The minimum atomic E-state index is 0.0613. The second kappa shape index (κ2) is 4.65. The second-order valence-corrected chi connectivity index (χ2v) is 1.43. The molecule has 0 heterocycles. The molecule has 0 aromatic carbocycles. The van der Waals surface area contributed by atoms with Crippen LogP contribution >= 0.6 is 0 Å². The van der Waals surface area contributed by atoms with Crippen LogP contribution in [0.2, 0.25) is 0 Å². The van der Waals surface area contributed by atoms with Crippen LogP contribution in [0.1, 0.15) is 13.8 Å². The summed E-state index contributed by atoms with van der Waals surface area (Å²) in [6, 6.07) is 0. The van der Waals surface area contributed by atoms with Gasteiger partial charge in [-0.25, -0.2) is 0 Å². The zero-order valence-corrected chi connectivity index (χ0v) is 5.35. The molecule has 0 bridgehead atoms. The molecule has 0 aliphatic rings. The lowest BCUT2D eigenvalue weighted by atomic mass is 10.5. The number of hydrogen-bond acceptors (Lipinski definition) is 2. The Bertz CT molecular complexity index is 76.6. The van der Waals surface area contributed by atoms with E-state index in [1.807, 2.05) is 13.8 Å². The van der Waals surface area contributed by atoms with Crippen LogP contribution in [0.25, 0.3) is 0 Å². The standard InChI is InChI=1S/C6H12O2/c1-3-8-6(2)4-5-7/h4,7H,3,5H2,1-2H3/b6-4+. The van der Waals surface area contributed by atoms with Crippen molar-refractivity contribution in [3.8, 4) is 0 Å². The average molecular weight is 116 g/mol. The molecule has 0 atom stereocenters. The van der Waals surface area contributed by atoms with Crippen molar-refractivity contribution in [3.05, 3.63) is 11.8 Å². The Hall–Kier alpha value is -0.500. The fraction of sp³-hybridized carbons (Fsp3) is 0.667. The molecule has 0 aliphatic carbocycles. The van der Waals surface area contributed by atoms with Gasteiger partial charge in [-0.1, -0.05) is 0 Å². The van der Waals surface area contributed by atoms with Gasteiger partial charge in [-0.2, -0.15) is 0 Å². The van der Waals surface area contributed by atoms with E-state index in [0.717, 1.165) is 5.76 Å². The monoisotopic (exact) mass is 116 g/mol. The normalized spacial score (nSPS) is 11.6. The molecule has 0 amide bonds. The number of allylic oxidation sites excluding steroid dienone is 1. The van der Waals surface area contributed by atoms with Gasteiger partial charge in [0.05, 0.1) is 19.0 Å². The predicted molar refractivity (Wildman–Crippen MR) is 32.5 cm³/mol. The number of ether oxygens (including phenoxy) is 1. The molecule has 2 heteroatoms. The van der Waals surface area contributed by atoms with E-state index in [1.165, 1.54) is 0 Å². The minimum absolute atomic E-state index is 0.0613. The van der Waals surface area contributed by atoms with Gasteiger partial charge in [0.15, 0.2) is 0 Å². The molecule has 0 spiro atoms. The molecule has 0 rings (SSSR count). The molecular formula is C6H12O2. The molecule has 48 valence electrons. The van der Waals surface area contributed by atoms with Gasteiger partial charge in [-0.3, -0.25) is 0 Å². The van der Waals surface area contributed by atoms with Crippen molar-refractivity contribution in [2.24, 2.45) is 0 Å². The Labute approximate surface area is 49.8 Å². The van der Waals surface area contributed by atoms with Gasteiger partial charge in [0.2, 0.25) is 0 Å². The maximum absolute atomic E-state index is 8.31. The van der Waals surface area contributed by atoms with Gasteiger partial charge < -0.3 is 9.84 Å². The Morgan fingerprint density at radius 3 is 2.75 bits per heavy atom. The Morgan fingerprint density at radius 2 is 2.38 bits per heavy atom. The lowest BCUT2D eigenvalue weighted by Crippen LogP contribution is -1.87. The lowest BCUT2D eigenvalue weighted by Gasteiger charge is -1.99. The molecule has 0 unspecified atom stereocenters. The summed E-state index contributed by atoms with van der Waals surface area (Å²) in [5.41, 5.74) is 0. The van der Waals surface area contributed by atoms with Crippen molar-refractivity contribution in [1.82, 2.24) is 0 Å². The maximum Gasteiger partial charge on any atom is 0.0911 e. The number of aliphatic hydroxyl groups is 1. The first-order valence-corrected chi connectivity index (χ1v) is 2.71. The van der Waals surface area contributed by atoms with E-state index < -0.39 is 0 Å². The zero-order chi connectivity index (χ0) is 6.41. The van der Waals surface area contributed by atoms with Crippen LogP contribution < -0.4 is 0 Å². The first-order chi connectivity index (χ1) is 3.81. The summed E-state index contributed by atoms with van der Waals surface area (Å²) in [6.07, 6.45) is 1.63. The molecule has 0 radical (unpaired) electrons. The lowest BCUT2D eigenvalue weighted by molar-refractivity contribution is 0.225. The molecular weight excluding hydrogens is 104 g/mol. The molecule has 1 N–H and O–H groups in total. The van der Waals surface area contributed by atoms with Crippen LogP contribution in [-0.2, 0) is 4.74 Å². The van der Waals surface area contributed by atoms with E-state index in [1.54, 1.807) is 6.08 Å². The first-order valence-electron chi connectivity index (χ1n) is 2.71. The second-order valence-electron chi connectivity index (χ2n) is 1.43. The van der Waals surface area contributed by atoms with Gasteiger partial charge in [0.1, 0.15) is 0 Å². The minimum Gasteiger partial charge on any atom is -0.499 e. The van der Waals surface area contributed by atoms with Crippen molar-refractivity contribution in [1.29, 1.82) is 0 Å². The highest BCUT2D eigenvalue weighted by atomic mass is 16.5. The molecule has 0 saturated heterocycles. The van der Waals surface area contributed by atoms with Crippen LogP contribution in [0.15, 0.2) is 11.8 Å². The first kappa shape index (κ1) is 7.50. The maximum atomic E-state index is 8.31.